The summed E-state index contributed by atoms with van der Waals surface area (Å²) < 4.78 is 19.1. The lowest BCUT2D eigenvalue weighted by molar-refractivity contribution is -0.119. The highest BCUT2D eigenvalue weighted by Gasteiger charge is 2.22. The highest BCUT2D eigenvalue weighted by atomic mass is 32.2. The SMILES string of the molecule is Cc1cccc(-c2nnc(SCC(=O)NCC3COc4ccccc4O3)n2Cc2ccco2)c1. The molecule has 0 saturated heterocycles. The Labute approximate surface area is 201 Å². The Morgan fingerprint density at radius 2 is 2.00 bits per heavy atom. The molecule has 1 N–H and O–H groups in total. The molecule has 0 aliphatic carbocycles. The molecule has 5 rings (SSSR count). The van der Waals surface area contributed by atoms with Gasteiger partial charge in [0.2, 0.25) is 5.91 Å². The monoisotopic (exact) mass is 476 g/mol. The molecule has 34 heavy (non-hydrogen) atoms. The molecule has 0 radical (unpaired) electrons. The van der Waals surface area contributed by atoms with Gasteiger partial charge in [-0.1, -0.05) is 47.7 Å². The van der Waals surface area contributed by atoms with Crippen molar-refractivity contribution in [3.63, 3.8) is 0 Å². The summed E-state index contributed by atoms with van der Waals surface area (Å²) in [4.78, 5) is 12.6. The molecule has 2 aromatic carbocycles. The summed E-state index contributed by atoms with van der Waals surface area (Å²) in [5, 5.41) is 12.3. The Morgan fingerprint density at radius 1 is 1.12 bits per heavy atom. The molecule has 8 nitrogen and oxygen atoms in total. The maximum absolute atomic E-state index is 12.6. The van der Waals surface area contributed by atoms with Crippen LogP contribution in [0.5, 0.6) is 11.5 Å². The Hall–Kier alpha value is -3.72. The molecule has 1 atom stereocenters. The van der Waals surface area contributed by atoms with Crippen molar-refractivity contribution in [2.24, 2.45) is 0 Å². The molecule has 0 fully saturated rings. The summed E-state index contributed by atoms with van der Waals surface area (Å²) in [5.41, 5.74) is 2.10. The lowest BCUT2D eigenvalue weighted by Gasteiger charge is -2.26. The number of hydrogen-bond donors (Lipinski definition) is 1. The number of benzene rings is 2. The van der Waals surface area contributed by atoms with E-state index in [0.29, 0.717) is 30.6 Å². The lowest BCUT2D eigenvalue weighted by atomic mass is 10.1. The molecule has 9 heteroatoms. The summed E-state index contributed by atoms with van der Waals surface area (Å²) >= 11 is 1.34. The summed E-state index contributed by atoms with van der Waals surface area (Å²) in [6, 6.07) is 19.4. The van der Waals surface area contributed by atoms with Crippen LogP contribution >= 0.6 is 11.8 Å². The fourth-order valence-electron chi connectivity index (χ4n) is 3.67. The molecule has 1 unspecified atom stereocenters. The van der Waals surface area contributed by atoms with Gasteiger partial charge in [0.05, 0.1) is 25.1 Å². The normalized spacial score (nSPS) is 14.7. The van der Waals surface area contributed by atoms with Crippen molar-refractivity contribution in [1.29, 1.82) is 0 Å². The first-order valence-corrected chi connectivity index (χ1v) is 11.9. The van der Waals surface area contributed by atoms with Gasteiger partial charge >= 0.3 is 0 Å². The number of para-hydroxylation sites is 2. The third kappa shape index (κ3) is 5.09. The molecule has 1 aliphatic heterocycles. The van der Waals surface area contributed by atoms with Gasteiger partial charge in [-0.25, -0.2) is 0 Å². The number of ether oxygens (including phenoxy) is 2. The third-order valence-electron chi connectivity index (χ3n) is 5.31. The van der Waals surface area contributed by atoms with E-state index in [2.05, 4.69) is 21.6 Å². The zero-order chi connectivity index (χ0) is 23.3. The highest BCUT2D eigenvalue weighted by molar-refractivity contribution is 7.99. The van der Waals surface area contributed by atoms with Crippen LogP contribution in [-0.2, 0) is 11.3 Å². The smallest absolute Gasteiger partial charge is 0.230 e. The number of carbonyl (C=O) groups excluding carboxylic acids is 1. The molecule has 2 aromatic heterocycles. The number of rotatable bonds is 8. The van der Waals surface area contributed by atoms with Gasteiger partial charge in [0, 0.05) is 5.56 Å². The van der Waals surface area contributed by atoms with Crippen LogP contribution in [0.1, 0.15) is 11.3 Å². The third-order valence-corrected chi connectivity index (χ3v) is 6.28. The van der Waals surface area contributed by atoms with E-state index in [1.54, 1.807) is 6.26 Å². The van der Waals surface area contributed by atoms with Gasteiger partial charge in [-0.05, 0) is 37.3 Å². The van der Waals surface area contributed by atoms with Crippen molar-refractivity contribution < 1.29 is 18.7 Å². The second-order valence-electron chi connectivity index (χ2n) is 7.93. The average molecular weight is 477 g/mol. The van der Waals surface area contributed by atoms with E-state index in [1.165, 1.54) is 11.8 Å². The highest BCUT2D eigenvalue weighted by Crippen LogP contribution is 2.30. The van der Waals surface area contributed by atoms with Crippen LogP contribution in [0, 0.1) is 6.92 Å². The molecule has 4 aromatic rings. The van der Waals surface area contributed by atoms with E-state index >= 15 is 0 Å². The van der Waals surface area contributed by atoms with Crippen LogP contribution in [0.25, 0.3) is 11.4 Å². The van der Waals surface area contributed by atoms with Crippen molar-refractivity contribution in [3.05, 3.63) is 78.3 Å². The summed E-state index contributed by atoms with van der Waals surface area (Å²) in [7, 11) is 0. The number of nitrogens with one attached hydrogen (secondary N) is 1. The number of amides is 1. The number of thioether (sulfide) groups is 1. The van der Waals surface area contributed by atoms with E-state index in [0.717, 1.165) is 28.5 Å². The van der Waals surface area contributed by atoms with Crippen LogP contribution in [0.2, 0.25) is 0 Å². The van der Waals surface area contributed by atoms with Crippen LogP contribution in [-0.4, -0.2) is 45.7 Å². The number of hydrogen-bond acceptors (Lipinski definition) is 7. The van der Waals surface area contributed by atoms with E-state index in [4.69, 9.17) is 13.9 Å². The number of carbonyl (C=O) groups is 1. The molecule has 0 bridgehead atoms. The Balaban J connectivity index is 1.23. The number of furan rings is 1. The fraction of sp³-hybridized carbons (Fsp3) is 0.240. The minimum Gasteiger partial charge on any atom is -0.486 e. The van der Waals surface area contributed by atoms with Gasteiger partial charge in [0.25, 0.3) is 0 Å². The summed E-state index contributed by atoms with van der Waals surface area (Å²) in [5.74, 6) is 3.02. The molecule has 174 valence electrons. The minimum atomic E-state index is -0.237. The van der Waals surface area contributed by atoms with Gasteiger partial charge in [0.1, 0.15) is 18.5 Å². The van der Waals surface area contributed by atoms with E-state index < -0.39 is 0 Å². The largest absolute Gasteiger partial charge is 0.486 e. The van der Waals surface area contributed by atoms with Crippen LogP contribution < -0.4 is 14.8 Å². The Bertz CT molecular complexity index is 1270. The average Bonchev–Trinajstić information content (AvgIpc) is 3.52. The predicted octanol–water partition coefficient (Wildman–Crippen LogP) is 3.94. The van der Waals surface area contributed by atoms with E-state index in [-0.39, 0.29) is 17.8 Å². The first kappa shape index (κ1) is 22.1. The zero-order valence-corrected chi connectivity index (χ0v) is 19.5. The fourth-order valence-corrected chi connectivity index (χ4v) is 4.43. The van der Waals surface area contributed by atoms with Crippen molar-refractivity contribution in [2.45, 2.75) is 24.7 Å². The van der Waals surface area contributed by atoms with Gasteiger partial charge in [0.15, 0.2) is 22.5 Å². The standard InChI is InChI=1S/C25H24N4O4S/c1-17-6-4-7-18(12-17)24-27-28-25(29(24)14-19-8-5-11-31-19)34-16-23(30)26-13-20-15-32-21-9-2-3-10-22(21)33-20/h2-12,20H,13-16H2,1H3,(H,26,30). The Morgan fingerprint density at radius 3 is 2.82 bits per heavy atom. The minimum absolute atomic E-state index is 0.114. The first-order chi connectivity index (χ1) is 16.7. The molecular weight excluding hydrogens is 452 g/mol. The van der Waals surface area contributed by atoms with Gasteiger partial charge < -0.3 is 19.2 Å². The number of aryl methyl sites for hydroxylation is 1. The number of nitrogens with zero attached hydrogens (tertiary/aromatic N) is 3. The van der Waals surface area contributed by atoms with Crippen molar-refractivity contribution in [2.75, 3.05) is 18.9 Å². The molecule has 3 heterocycles. The van der Waals surface area contributed by atoms with Crippen molar-refractivity contribution in [1.82, 2.24) is 20.1 Å². The number of fused-ring (bicyclic) bond motifs is 1. The van der Waals surface area contributed by atoms with Gasteiger partial charge in [-0.2, -0.15) is 0 Å². The van der Waals surface area contributed by atoms with Crippen LogP contribution in [0.4, 0.5) is 0 Å². The maximum atomic E-state index is 12.6. The van der Waals surface area contributed by atoms with E-state index in [9.17, 15) is 4.79 Å². The second kappa shape index (κ2) is 10.0. The molecule has 0 saturated carbocycles. The van der Waals surface area contributed by atoms with Crippen molar-refractivity contribution >= 4 is 17.7 Å². The maximum Gasteiger partial charge on any atom is 0.230 e. The molecule has 1 amide bonds. The summed E-state index contributed by atoms with van der Waals surface area (Å²) in [6.45, 7) is 3.26. The van der Waals surface area contributed by atoms with Crippen LogP contribution in [0.3, 0.4) is 0 Å². The summed E-state index contributed by atoms with van der Waals surface area (Å²) in [6.07, 6.45) is 1.40. The number of aromatic nitrogens is 3. The first-order valence-electron chi connectivity index (χ1n) is 11.0. The van der Waals surface area contributed by atoms with Crippen LogP contribution in [0.15, 0.2) is 76.5 Å². The second-order valence-corrected chi connectivity index (χ2v) is 8.87. The quantitative estimate of drug-likeness (QED) is 0.385. The topological polar surface area (TPSA) is 91.4 Å². The van der Waals surface area contributed by atoms with Crippen molar-refractivity contribution in [3.8, 4) is 22.9 Å². The molecule has 1 aliphatic rings. The molecular formula is C25H24N4O4S. The van der Waals surface area contributed by atoms with Gasteiger partial charge in [-0.15, -0.1) is 10.2 Å². The predicted molar refractivity (Wildman–Crippen MR) is 128 cm³/mol. The zero-order valence-electron chi connectivity index (χ0n) is 18.6. The lowest BCUT2D eigenvalue weighted by Crippen LogP contribution is -2.41. The van der Waals surface area contributed by atoms with Gasteiger partial charge in [-0.3, -0.25) is 9.36 Å². The Kier molecular flexibility index (Phi) is 6.53. The molecule has 0 spiro atoms. The van der Waals surface area contributed by atoms with E-state index in [1.807, 2.05) is 66.1 Å².